The lowest BCUT2D eigenvalue weighted by Crippen LogP contribution is -2.02. The van der Waals surface area contributed by atoms with Crippen LogP contribution in [0.3, 0.4) is 0 Å². The van der Waals surface area contributed by atoms with Crippen LogP contribution in [0, 0.1) is 4.77 Å². The third kappa shape index (κ3) is 1.37. The maximum absolute atomic E-state index is 5.12. The Morgan fingerprint density at radius 3 is 2.93 bits per heavy atom. The lowest BCUT2D eigenvalue weighted by Gasteiger charge is -2.07. The summed E-state index contributed by atoms with van der Waals surface area (Å²) in [5, 5.41) is 10.5. The van der Waals surface area contributed by atoms with E-state index >= 15 is 0 Å². The van der Waals surface area contributed by atoms with Crippen molar-refractivity contribution in [1.29, 1.82) is 0 Å². The number of aromatic amines is 1. The van der Waals surface area contributed by atoms with Crippen molar-refractivity contribution in [2.75, 3.05) is 0 Å². The molecule has 74 valence electrons. The topological polar surface area (TPSA) is 59.6 Å². The molecular formula is C8H10N4OS. The van der Waals surface area contributed by atoms with Gasteiger partial charge in [0.1, 0.15) is 6.26 Å². The summed E-state index contributed by atoms with van der Waals surface area (Å²) in [6.07, 6.45) is 3.16. The van der Waals surface area contributed by atoms with Gasteiger partial charge in [0.05, 0.1) is 11.8 Å². The molecule has 0 spiro atoms. The molecule has 2 heterocycles. The Bertz CT molecular complexity index is 468. The Labute approximate surface area is 85.7 Å². The van der Waals surface area contributed by atoms with E-state index in [1.54, 1.807) is 12.5 Å². The number of nitrogens with zero attached hydrogens (tertiary/aromatic N) is 3. The summed E-state index contributed by atoms with van der Waals surface area (Å²) < 4.78 is 7.29. The molecule has 0 aliphatic heterocycles. The van der Waals surface area contributed by atoms with Crippen LogP contribution in [0.25, 0.3) is 11.4 Å². The van der Waals surface area contributed by atoms with E-state index in [1.807, 2.05) is 18.4 Å². The summed E-state index contributed by atoms with van der Waals surface area (Å²) >= 11 is 5.12. The minimum atomic E-state index is 0.256. The highest BCUT2D eigenvalue weighted by atomic mass is 32.1. The van der Waals surface area contributed by atoms with Crippen molar-refractivity contribution in [2.45, 2.75) is 19.9 Å². The third-order valence-corrected chi connectivity index (χ3v) is 2.20. The quantitative estimate of drug-likeness (QED) is 0.772. The Morgan fingerprint density at radius 1 is 1.57 bits per heavy atom. The van der Waals surface area contributed by atoms with Crippen molar-refractivity contribution < 1.29 is 4.52 Å². The SMILES string of the molecule is CC(C)n1c(-c2cnoc2)n[nH]c1=S. The van der Waals surface area contributed by atoms with Gasteiger partial charge in [0.2, 0.25) is 0 Å². The fourth-order valence-corrected chi connectivity index (χ4v) is 1.65. The molecule has 2 rings (SSSR count). The Morgan fingerprint density at radius 2 is 2.36 bits per heavy atom. The second-order valence-electron chi connectivity index (χ2n) is 3.23. The summed E-state index contributed by atoms with van der Waals surface area (Å²) in [5.41, 5.74) is 0.825. The van der Waals surface area contributed by atoms with E-state index in [0.717, 1.165) is 11.4 Å². The number of nitrogens with one attached hydrogen (secondary N) is 1. The predicted molar refractivity (Wildman–Crippen MR) is 53.3 cm³/mol. The number of aromatic nitrogens is 4. The molecule has 5 nitrogen and oxygen atoms in total. The van der Waals surface area contributed by atoms with Gasteiger partial charge in [-0.2, -0.15) is 5.10 Å². The van der Waals surface area contributed by atoms with Crippen LogP contribution in [0.2, 0.25) is 0 Å². The summed E-state index contributed by atoms with van der Waals surface area (Å²) in [7, 11) is 0. The first kappa shape index (κ1) is 9.14. The van der Waals surface area contributed by atoms with Crippen molar-refractivity contribution >= 4 is 12.2 Å². The van der Waals surface area contributed by atoms with Crippen molar-refractivity contribution in [1.82, 2.24) is 19.9 Å². The highest BCUT2D eigenvalue weighted by Gasteiger charge is 2.12. The molecule has 14 heavy (non-hydrogen) atoms. The number of hydrogen-bond donors (Lipinski definition) is 1. The van der Waals surface area contributed by atoms with E-state index in [2.05, 4.69) is 15.4 Å². The summed E-state index contributed by atoms with van der Waals surface area (Å²) in [5.74, 6) is 0.756. The molecule has 0 atom stereocenters. The van der Waals surface area contributed by atoms with E-state index in [-0.39, 0.29) is 6.04 Å². The smallest absolute Gasteiger partial charge is 0.195 e. The Kier molecular flexibility index (Phi) is 2.20. The highest BCUT2D eigenvalue weighted by molar-refractivity contribution is 7.71. The number of hydrogen-bond acceptors (Lipinski definition) is 4. The molecule has 0 amide bonds. The first-order valence-electron chi connectivity index (χ1n) is 4.27. The second-order valence-corrected chi connectivity index (χ2v) is 3.62. The van der Waals surface area contributed by atoms with Gasteiger partial charge in [0, 0.05) is 6.04 Å². The van der Waals surface area contributed by atoms with Crippen LogP contribution in [0.5, 0.6) is 0 Å². The van der Waals surface area contributed by atoms with E-state index in [9.17, 15) is 0 Å². The van der Waals surface area contributed by atoms with Gasteiger partial charge in [-0.3, -0.25) is 9.67 Å². The third-order valence-electron chi connectivity index (χ3n) is 1.91. The van der Waals surface area contributed by atoms with Gasteiger partial charge in [-0.15, -0.1) is 0 Å². The van der Waals surface area contributed by atoms with Crippen LogP contribution < -0.4 is 0 Å². The predicted octanol–water partition coefficient (Wildman–Crippen LogP) is 2.18. The van der Waals surface area contributed by atoms with Crippen LogP contribution in [-0.2, 0) is 0 Å². The fraction of sp³-hybridized carbons (Fsp3) is 0.375. The number of rotatable bonds is 2. The van der Waals surface area contributed by atoms with Crippen LogP contribution in [0.4, 0.5) is 0 Å². The highest BCUT2D eigenvalue weighted by Crippen LogP contribution is 2.19. The zero-order chi connectivity index (χ0) is 10.1. The van der Waals surface area contributed by atoms with Gasteiger partial charge in [-0.25, -0.2) is 0 Å². The maximum atomic E-state index is 5.12. The normalized spacial score (nSPS) is 11.1. The van der Waals surface area contributed by atoms with E-state index in [0.29, 0.717) is 4.77 Å². The molecule has 2 aromatic heterocycles. The van der Waals surface area contributed by atoms with Crippen LogP contribution in [0.15, 0.2) is 17.0 Å². The van der Waals surface area contributed by atoms with Crippen LogP contribution in [-0.4, -0.2) is 19.9 Å². The van der Waals surface area contributed by atoms with E-state index in [4.69, 9.17) is 16.7 Å². The molecule has 0 aliphatic rings. The average molecular weight is 210 g/mol. The zero-order valence-corrected chi connectivity index (χ0v) is 8.71. The molecular weight excluding hydrogens is 200 g/mol. The van der Waals surface area contributed by atoms with Gasteiger partial charge in [0.25, 0.3) is 0 Å². The molecule has 6 heteroatoms. The molecule has 0 unspecified atom stereocenters. The van der Waals surface area contributed by atoms with Crippen molar-refractivity contribution in [3.05, 3.63) is 17.2 Å². The van der Waals surface area contributed by atoms with Crippen molar-refractivity contribution in [3.63, 3.8) is 0 Å². The number of H-pyrrole nitrogens is 1. The lowest BCUT2D eigenvalue weighted by molar-refractivity contribution is 0.420. The molecule has 0 radical (unpaired) electrons. The van der Waals surface area contributed by atoms with Gasteiger partial charge in [0.15, 0.2) is 10.6 Å². The Hall–Kier alpha value is -1.43. The monoisotopic (exact) mass is 210 g/mol. The Balaban J connectivity index is 2.60. The minimum Gasteiger partial charge on any atom is -0.364 e. The molecule has 0 saturated heterocycles. The van der Waals surface area contributed by atoms with Crippen LogP contribution >= 0.6 is 12.2 Å². The lowest BCUT2D eigenvalue weighted by atomic mass is 10.3. The molecule has 0 fully saturated rings. The van der Waals surface area contributed by atoms with E-state index in [1.165, 1.54) is 0 Å². The molecule has 0 aromatic carbocycles. The van der Waals surface area contributed by atoms with Gasteiger partial charge >= 0.3 is 0 Å². The standard InChI is InChI=1S/C8H10N4OS/c1-5(2)12-7(10-11-8(12)14)6-3-9-13-4-6/h3-5H,1-2H3,(H,11,14). The summed E-state index contributed by atoms with van der Waals surface area (Å²) in [6, 6.07) is 0.256. The minimum absolute atomic E-state index is 0.256. The molecule has 0 bridgehead atoms. The maximum Gasteiger partial charge on any atom is 0.195 e. The second kappa shape index (κ2) is 3.38. The van der Waals surface area contributed by atoms with Crippen LogP contribution in [0.1, 0.15) is 19.9 Å². The largest absolute Gasteiger partial charge is 0.364 e. The summed E-state index contributed by atoms with van der Waals surface area (Å²) in [4.78, 5) is 0. The first-order chi connectivity index (χ1) is 6.70. The van der Waals surface area contributed by atoms with Gasteiger partial charge in [-0.05, 0) is 26.1 Å². The molecule has 0 saturated carbocycles. The van der Waals surface area contributed by atoms with E-state index < -0.39 is 0 Å². The van der Waals surface area contributed by atoms with Gasteiger partial charge in [-0.1, -0.05) is 5.16 Å². The first-order valence-corrected chi connectivity index (χ1v) is 4.67. The molecule has 1 N–H and O–H groups in total. The molecule has 2 aromatic rings. The molecule has 0 aliphatic carbocycles. The van der Waals surface area contributed by atoms with Crippen molar-refractivity contribution in [2.24, 2.45) is 0 Å². The van der Waals surface area contributed by atoms with Crippen molar-refractivity contribution in [3.8, 4) is 11.4 Å². The summed E-state index contributed by atoms with van der Waals surface area (Å²) in [6.45, 7) is 4.09. The fourth-order valence-electron chi connectivity index (χ4n) is 1.30. The van der Waals surface area contributed by atoms with Gasteiger partial charge < -0.3 is 4.52 Å². The average Bonchev–Trinajstić information content (AvgIpc) is 2.70. The zero-order valence-electron chi connectivity index (χ0n) is 7.89.